The van der Waals surface area contributed by atoms with Gasteiger partial charge in [-0.05, 0) is 43.3 Å². The topological polar surface area (TPSA) is 100 Å². The van der Waals surface area contributed by atoms with Crippen LogP contribution in [0.3, 0.4) is 0 Å². The largest absolute Gasteiger partial charge is 0.325 e. The highest BCUT2D eigenvalue weighted by Crippen LogP contribution is 2.18. The number of amides is 3. The summed E-state index contributed by atoms with van der Waals surface area (Å²) >= 11 is 1.08. The Kier molecular flexibility index (Phi) is 5.75. The second-order valence-electron chi connectivity index (χ2n) is 5.72. The summed E-state index contributed by atoms with van der Waals surface area (Å²) in [6.45, 7) is 1.44. The third kappa shape index (κ3) is 4.98. The van der Waals surface area contributed by atoms with Gasteiger partial charge in [-0.15, -0.1) is 11.3 Å². The average molecular weight is 398 g/mol. The van der Waals surface area contributed by atoms with Gasteiger partial charge in [0.2, 0.25) is 0 Å². The van der Waals surface area contributed by atoms with Crippen LogP contribution < -0.4 is 16.0 Å². The van der Waals surface area contributed by atoms with Crippen LogP contribution in [0.1, 0.15) is 27.8 Å². The smallest absolute Gasteiger partial charge is 0.321 e. The lowest BCUT2D eigenvalue weighted by Crippen LogP contribution is -2.19. The number of benzene rings is 2. The van der Waals surface area contributed by atoms with Crippen LogP contribution in [-0.2, 0) is 0 Å². The molecule has 142 valence electrons. The molecule has 3 aromatic rings. The van der Waals surface area contributed by atoms with E-state index in [4.69, 9.17) is 0 Å². The Morgan fingerprint density at radius 3 is 2.43 bits per heavy atom. The number of ketones is 1. The Hall–Kier alpha value is -3.59. The SMILES string of the molecule is CC(=O)c1cccc(NC(=O)c2csc(NC(=O)Nc3ccc(F)cc3)n2)c1. The molecule has 0 unspecified atom stereocenters. The Bertz CT molecular complexity index is 1030. The molecule has 9 heteroatoms. The first-order valence-corrected chi connectivity index (χ1v) is 9.00. The molecule has 3 N–H and O–H groups in total. The van der Waals surface area contributed by atoms with E-state index in [-0.39, 0.29) is 16.6 Å². The molecule has 1 aromatic heterocycles. The summed E-state index contributed by atoms with van der Waals surface area (Å²) in [7, 11) is 0. The lowest BCUT2D eigenvalue weighted by Gasteiger charge is -2.05. The highest BCUT2D eigenvalue weighted by Gasteiger charge is 2.13. The molecule has 0 atom stereocenters. The normalized spacial score (nSPS) is 10.2. The molecule has 0 radical (unpaired) electrons. The lowest BCUT2D eigenvalue weighted by atomic mass is 10.1. The minimum atomic E-state index is -0.568. The van der Waals surface area contributed by atoms with E-state index < -0.39 is 17.8 Å². The fourth-order valence-electron chi connectivity index (χ4n) is 2.24. The molecule has 3 amide bonds. The summed E-state index contributed by atoms with van der Waals surface area (Å²) in [5.41, 5.74) is 1.49. The summed E-state index contributed by atoms with van der Waals surface area (Å²) in [5, 5.41) is 9.41. The Morgan fingerprint density at radius 1 is 0.964 bits per heavy atom. The first kappa shape index (κ1) is 19.2. The number of anilines is 3. The molecule has 0 aliphatic rings. The number of hydrogen-bond donors (Lipinski definition) is 3. The van der Waals surface area contributed by atoms with Gasteiger partial charge < -0.3 is 10.6 Å². The van der Waals surface area contributed by atoms with E-state index in [1.54, 1.807) is 24.3 Å². The number of urea groups is 1. The molecular weight excluding hydrogens is 383 g/mol. The van der Waals surface area contributed by atoms with Crippen molar-refractivity contribution in [3.8, 4) is 0 Å². The third-order valence-corrected chi connectivity index (χ3v) is 4.34. The molecule has 0 aliphatic heterocycles. The zero-order valence-corrected chi connectivity index (χ0v) is 15.5. The van der Waals surface area contributed by atoms with E-state index in [0.717, 1.165) is 11.3 Å². The molecule has 1 heterocycles. The van der Waals surface area contributed by atoms with Crippen LogP contribution in [-0.4, -0.2) is 22.7 Å². The number of thiazole rings is 1. The van der Waals surface area contributed by atoms with Crippen molar-refractivity contribution >= 4 is 45.6 Å². The summed E-state index contributed by atoms with van der Waals surface area (Å²) in [5.74, 6) is -0.984. The second kappa shape index (κ2) is 8.40. The molecule has 7 nitrogen and oxygen atoms in total. The van der Waals surface area contributed by atoms with E-state index in [2.05, 4.69) is 20.9 Å². The number of rotatable bonds is 5. The van der Waals surface area contributed by atoms with E-state index >= 15 is 0 Å². The van der Waals surface area contributed by atoms with Gasteiger partial charge in [-0.2, -0.15) is 0 Å². The summed E-state index contributed by atoms with van der Waals surface area (Å²) in [6.07, 6.45) is 0. The van der Waals surface area contributed by atoms with Crippen molar-refractivity contribution < 1.29 is 18.8 Å². The van der Waals surface area contributed by atoms with Gasteiger partial charge in [0.25, 0.3) is 5.91 Å². The van der Waals surface area contributed by atoms with Crippen LogP contribution in [0.2, 0.25) is 0 Å². The predicted octanol–water partition coefficient (Wildman–Crippen LogP) is 4.38. The number of carbonyl (C=O) groups is 3. The molecule has 28 heavy (non-hydrogen) atoms. The van der Waals surface area contributed by atoms with Gasteiger partial charge in [0.1, 0.15) is 11.5 Å². The van der Waals surface area contributed by atoms with Crippen LogP contribution >= 0.6 is 11.3 Å². The minimum absolute atomic E-state index is 0.108. The van der Waals surface area contributed by atoms with Crippen LogP contribution in [0.15, 0.2) is 53.9 Å². The highest BCUT2D eigenvalue weighted by molar-refractivity contribution is 7.14. The molecule has 0 saturated heterocycles. The summed E-state index contributed by atoms with van der Waals surface area (Å²) in [4.78, 5) is 39.7. The van der Waals surface area contributed by atoms with Crippen LogP contribution in [0, 0.1) is 5.82 Å². The first-order chi connectivity index (χ1) is 13.4. The van der Waals surface area contributed by atoms with Gasteiger partial charge >= 0.3 is 6.03 Å². The fourth-order valence-corrected chi connectivity index (χ4v) is 2.92. The van der Waals surface area contributed by atoms with Crippen LogP contribution in [0.5, 0.6) is 0 Å². The molecular formula is C19H15FN4O3S. The number of carbonyl (C=O) groups excluding carboxylic acids is 3. The molecule has 2 aromatic carbocycles. The van der Waals surface area contributed by atoms with Crippen LogP contribution in [0.25, 0.3) is 0 Å². The van der Waals surface area contributed by atoms with Crippen molar-refractivity contribution in [2.75, 3.05) is 16.0 Å². The van der Waals surface area contributed by atoms with Crippen molar-refractivity contribution in [1.82, 2.24) is 4.98 Å². The number of hydrogen-bond acceptors (Lipinski definition) is 5. The maximum Gasteiger partial charge on any atom is 0.325 e. The van der Waals surface area contributed by atoms with E-state index in [1.165, 1.54) is 36.6 Å². The Balaban J connectivity index is 1.60. The standard InChI is InChI=1S/C19H15FN4O3S/c1-11(25)12-3-2-4-15(9-12)21-17(26)16-10-28-19(23-16)24-18(27)22-14-7-5-13(20)6-8-14/h2-10H,1H3,(H,21,26)(H2,22,23,24,27). The number of nitrogens with one attached hydrogen (secondary N) is 3. The molecule has 3 rings (SSSR count). The van der Waals surface area contributed by atoms with Crippen molar-refractivity contribution in [3.05, 3.63) is 71.0 Å². The molecule has 0 aliphatic carbocycles. The summed E-state index contributed by atoms with van der Waals surface area (Å²) in [6, 6.07) is 11.3. The van der Waals surface area contributed by atoms with Crippen molar-refractivity contribution in [1.29, 1.82) is 0 Å². The van der Waals surface area contributed by atoms with Gasteiger partial charge in [-0.1, -0.05) is 12.1 Å². The average Bonchev–Trinajstić information content (AvgIpc) is 3.12. The quantitative estimate of drug-likeness (QED) is 0.555. The molecule has 0 spiro atoms. The molecule has 0 fully saturated rings. The molecule has 0 bridgehead atoms. The van der Waals surface area contributed by atoms with Gasteiger partial charge in [0.05, 0.1) is 0 Å². The number of Topliss-reactive ketones (excluding diaryl/α,β-unsaturated/α-hetero) is 1. The van der Waals surface area contributed by atoms with E-state index in [1.807, 2.05) is 0 Å². The Labute approximate surface area is 163 Å². The van der Waals surface area contributed by atoms with Gasteiger partial charge in [0.15, 0.2) is 10.9 Å². The summed E-state index contributed by atoms with van der Waals surface area (Å²) < 4.78 is 12.9. The van der Waals surface area contributed by atoms with Crippen molar-refractivity contribution in [2.24, 2.45) is 0 Å². The van der Waals surface area contributed by atoms with Gasteiger partial charge in [-0.25, -0.2) is 14.2 Å². The van der Waals surface area contributed by atoms with Gasteiger partial charge in [-0.3, -0.25) is 14.9 Å². The first-order valence-electron chi connectivity index (χ1n) is 8.12. The number of halogens is 1. The van der Waals surface area contributed by atoms with E-state index in [9.17, 15) is 18.8 Å². The predicted molar refractivity (Wildman–Crippen MR) is 106 cm³/mol. The Morgan fingerprint density at radius 2 is 1.71 bits per heavy atom. The fraction of sp³-hybridized carbons (Fsp3) is 0.0526. The maximum atomic E-state index is 12.9. The highest BCUT2D eigenvalue weighted by atomic mass is 32.1. The van der Waals surface area contributed by atoms with E-state index in [0.29, 0.717) is 16.9 Å². The van der Waals surface area contributed by atoms with Gasteiger partial charge in [0, 0.05) is 22.3 Å². The monoisotopic (exact) mass is 398 g/mol. The third-order valence-electron chi connectivity index (χ3n) is 3.59. The van der Waals surface area contributed by atoms with Crippen molar-refractivity contribution in [3.63, 3.8) is 0 Å². The molecule has 0 saturated carbocycles. The van der Waals surface area contributed by atoms with Crippen LogP contribution in [0.4, 0.5) is 25.7 Å². The zero-order valence-electron chi connectivity index (χ0n) is 14.7. The van der Waals surface area contributed by atoms with Crippen molar-refractivity contribution in [2.45, 2.75) is 6.92 Å². The second-order valence-corrected chi connectivity index (χ2v) is 6.57. The maximum absolute atomic E-state index is 12.9. The number of nitrogens with zero attached hydrogens (tertiary/aromatic N) is 1. The minimum Gasteiger partial charge on any atom is -0.321 e. The number of aromatic nitrogens is 1. The lowest BCUT2D eigenvalue weighted by molar-refractivity contribution is 0.100. The zero-order chi connectivity index (χ0) is 20.1.